The zero-order valence-electron chi connectivity index (χ0n) is 19.7. The fourth-order valence-corrected chi connectivity index (χ4v) is 4.48. The number of esters is 1. The smallest absolute Gasteiger partial charge is 0.306 e. The second-order valence-corrected chi connectivity index (χ2v) is 9.22. The van der Waals surface area contributed by atoms with Gasteiger partial charge in [0.15, 0.2) is 0 Å². The second-order valence-electron chi connectivity index (χ2n) is 8.40. The van der Waals surface area contributed by atoms with Gasteiger partial charge in [-0.05, 0) is 66.6 Å². The molecule has 0 amide bonds. The molecule has 0 saturated carbocycles. The lowest BCUT2D eigenvalue weighted by atomic mass is 9.93. The molecule has 3 rings (SSSR count). The van der Waals surface area contributed by atoms with E-state index in [1.807, 2.05) is 51.2 Å². The van der Waals surface area contributed by atoms with E-state index in [0.717, 1.165) is 28.1 Å². The topological polar surface area (TPSA) is 53.4 Å². The van der Waals surface area contributed by atoms with Crippen LogP contribution in [0, 0.1) is 6.92 Å². The van der Waals surface area contributed by atoms with Gasteiger partial charge >= 0.3 is 5.97 Å². The van der Waals surface area contributed by atoms with Crippen LogP contribution in [0.3, 0.4) is 0 Å². The number of carbonyl (C=O) groups is 1. The predicted octanol–water partition coefficient (Wildman–Crippen LogP) is 7.25. The number of nitrogens with zero attached hydrogens (tertiary/aromatic N) is 2. The number of benzene rings is 2. The van der Waals surface area contributed by atoms with E-state index < -0.39 is 0 Å². The van der Waals surface area contributed by atoms with Crippen LogP contribution in [0.1, 0.15) is 68.3 Å². The summed E-state index contributed by atoms with van der Waals surface area (Å²) in [5.74, 6) is 0.880. The van der Waals surface area contributed by atoms with Gasteiger partial charge in [-0.15, -0.1) is 0 Å². The van der Waals surface area contributed by atoms with Crippen LogP contribution in [0.15, 0.2) is 42.6 Å². The second kappa shape index (κ2) is 11.1. The molecular weight excluding hydrogens is 459 g/mol. The Kier molecular flexibility index (Phi) is 8.44. The molecule has 3 aromatic rings. The van der Waals surface area contributed by atoms with Crippen molar-refractivity contribution in [1.82, 2.24) is 9.78 Å². The fourth-order valence-electron chi connectivity index (χ4n) is 3.92. The molecule has 0 aliphatic carbocycles. The van der Waals surface area contributed by atoms with Crippen molar-refractivity contribution >= 4 is 29.2 Å². The Balaban J connectivity index is 1.83. The fraction of sp³-hybridized carbons (Fsp3) is 0.385. The summed E-state index contributed by atoms with van der Waals surface area (Å²) in [7, 11) is 0. The first-order valence-corrected chi connectivity index (χ1v) is 11.9. The third-order valence-corrected chi connectivity index (χ3v) is 6.21. The molecule has 1 unspecified atom stereocenters. The van der Waals surface area contributed by atoms with Crippen LogP contribution in [-0.2, 0) is 16.1 Å². The monoisotopic (exact) mass is 488 g/mol. The SMILES string of the molecule is CCOC(=O)CC(C)c1ccc(OCc2c(C(C)C)cnn2-c2c(Cl)cccc2Cl)cc1C. The third-order valence-electron chi connectivity index (χ3n) is 5.60. The Morgan fingerprint density at radius 1 is 1.09 bits per heavy atom. The largest absolute Gasteiger partial charge is 0.487 e. The van der Waals surface area contributed by atoms with Crippen LogP contribution < -0.4 is 4.74 Å². The van der Waals surface area contributed by atoms with E-state index in [0.29, 0.717) is 35.4 Å². The van der Waals surface area contributed by atoms with Crippen molar-refractivity contribution in [3.63, 3.8) is 0 Å². The van der Waals surface area contributed by atoms with Crippen LogP contribution in [0.5, 0.6) is 5.75 Å². The third kappa shape index (κ3) is 5.90. The van der Waals surface area contributed by atoms with Crippen molar-refractivity contribution in [1.29, 1.82) is 0 Å². The molecule has 0 saturated heterocycles. The minimum absolute atomic E-state index is 0.0643. The highest BCUT2D eigenvalue weighted by atomic mass is 35.5. The minimum atomic E-state index is -0.183. The molecule has 7 heteroatoms. The first-order chi connectivity index (χ1) is 15.7. The predicted molar refractivity (Wildman–Crippen MR) is 133 cm³/mol. The normalized spacial score (nSPS) is 12.1. The molecule has 1 aromatic heterocycles. The van der Waals surface area contributed by atoms with Crippen LogP contribution in [-0.4, -0.2) is 22.4 Å². The molecule has 0 fully saturated rings. The van der Waals surface area contributed by atoms with E-state index in [-0.39, 0.29) is 17.8 Å². The zero-order chi connectivity index (χ0) is 24.1. The summed E-state index contributed by atoms with van der Waals surface area (Å²) in [6.07, 6.45) is 2.19. The molecule has 0 aliphatic heterocycles. The van der Waals surface area contributed by atoms with E-state index in [1.165, 1.54) is 0 Å². The highest BCUT2D eigenvalue weighted by Crippen LogP contribution is 2.32. The van der Waals surface area contributed by atoms with E-state index in [4.69, 9.17) is 32.7 Å². The van der Waals surface area contributed by atoms with Gasteiger partial charge in [-0.3, -0.25) is 4.79 Å². The van der Waals surface area contributed by atoms with E-state index in [1.54, 1.807) is 16.8 Å². The van der Waals surface area contributed by atoms with Gasteiger partial charge in [-0.1, -0.05) is 56.1 Å². The maximum Gasteiger partial charge on any atom is 0.306 e. The summed E-state index contributed by atoms with van der Waals surface area (Å²) in [6, 6.07) is 11.3. The minimum Gasteiger partial charge on any atom is -0.487 e. The van der Waals surface area contributed by atoms with Gasteiger partial charge in [-0.2, -0.15) is 5.10 Å². The van der Waals surface area contributed by atoms with Gasteiger partial charge in [0.05, 0.1) is 35.0 Å². The van der Waals surface area contributed by atoms with Gasteiger partial charge in [0.25, 0.3) is 0 Å². The summed E-state index contributed by atoms with van der Waals surface area (Å²) >= 11 is 12.9. The van der Waals surface area contributed by atoms with Gasteiger partial charge in [0.2, 0.25) is 0 Å². The average Bonchev–Trinajstić information content (AvgIpc) is 3.16. The van der Waals surface area contributed by atoms with Gasteiger partial charge in [0, 0.05) is 0 Å². The van der Waals surface area contributed by atoms with Gasteiger partial charge in [-0.25, -0.2) is 4.68 Å². The highest BCUT2D eigenvalue weighted by molar-refractivity contribution is 6.37. The molecule has 33 heavy (non-hydrogen) atoms. The number of rotatable bonds is 9. The summed E-state index contributed by atoms with van der Waals surface area (Å²) in [6.45, 7) is 10.8. The maximum atomic E-state index is 11.8. The molecule has 0 aliphatic rings. The molecule has 5 nitrogen and oxygen atoms in total. The van der Waals surface area contributed by atoms with Crippen LogP contribution >= 0.6 is 23.2 Å². The molecule has 1 atom stereocenters. The maximum absolute atomic E-state index is 11.8. The van der Waals surface area contributed by atoms with E-state index in [9.17, 15) is 4.79 Å². The van der Waals surface area contributed by atoms with Crippen molar-refractivity contribution in [2.24, 2.45) is 0 Å². The van der Waals surface area contributed by atoms with Crippen LogP contribution in [0.4, 0.5) is 0 Å². The lowest BCUT2D eigenvalue weighted by Gasteiger charge is -2.17. The summed E-state index contributed by atoms with van der Waals surface area (Å²) in [4.78, 5) is 11.8. The molecular formula is C26H30Cl2N2O3. The zero-order valence-corrected chi connectivity index (χ0v) is 21.2. The van der Waals surface area contributed by atoms with Crippen molar-refractivity contribution in [3.05, 3.63) is 75.0 Å². The standard InChI is InChI=1S/C26H30Cl2N2O3/c1-6-32-25(31)13-18(5)20-11-10-19(12-17(20)4)33-15-24-21(16(2)3)14-29-30(24)26-22(27)8-7-9-23(26)28/h7-12,14,16,18H,6,13,15H2,1-5H3. The van der Waals surface area contributed by atoms with E-state index >= 15 is 0 Å². The number of hydrogen-bond donors (Lipinski definition) is 0. The number of aromatic nitrogens is 2. The molecule has 0 bridgehead atoms. The molecule has 1 heterocycles. The number of ether oxygens (including phenoxy) is 2. The highest BCUT2D eigenvalue weighted by Gasteiger charge is 2.20. The Morgan fingerprint density at radius 3 is 2.39 bits per heavy atom. The molecule has 176 valence electrons. The Hall–Kier alpha value is -2.50. The van der Waals surface area contributed by atoms with Gasteiger partial charge < -0.3 is 9.47 Å². The van der Waals surface area contributed by atoms with E-state index in [2.05, 4.69) is 18.9 Å². The molecule has 0 radical (unpaired) electrons. The lowest BCUT2D eigenvalue weighted by Crippen LogP contribution is -2.10. The number of carbonyl (C=O) groups excluding carboxylic acids is 1. The van der Waals surface area contributed by atoms with Crippen molar-refractivity contribution < 1.29 is 14.3 Å². The Morgan fingerprint density at radius 2 is 1.79 bits per heavy atom. The Labute approximate surface area is 205 Å². The van der Waals surface area contributed by atoms with Crippen molar-refractivity contribution in [2.45, 2.75) is 59.5 Å². The number of hydrogen-bond acceptors (Lipinski definition) is 4. The molecule has 0 N–H and O–H groups in total. The van der Waals surface area contributed by atoms with Crippen molar-refractivity contribution in [3.8, 4) is 11.4 Å². The first-order valence-electron chi connectivity index (χ1n) is 11.1. The number of aryl methyl sites for hydroxylation is 1. The molecule has 0 spiro atoms. The summed E-state index contributed by atoms with van der Waals surface area (Å²) in [5, 5.41) is 5.61. The summed E-state index contributed by atoms with van der Waals surface area (Å²) < 4.78 is 13.0. The number of para-hydroxylation sites is 1. The van der Waals surface area contributed by atoms with Crippen LogP contribution in [0.25, 0.3) is 5.69 Å². The quantitative estimate of drug-likeness (QED) is 0.297. The van der Waals surface area contributed by atoms with Gasteiger partial charge in [0.1, 0.15) is 18.0 Å². The summed E-state index contributed by atoms with van der Waals surface area (Å²) in [5.41, 5.74) is 4.78. The number of halogens is 2. The first kappa shape index (κ1) is 25.1. The average molecular weight is 489 g/mol. The van der Waals surface area contributed by atoms with Crippen LogP contribution in [0.2, 0.25) is 10.0 Å². The molecule has 2 aromatic carbocycles. The van der Waals surface area contributed by atoms with Crippen molar-refractivity contribution in [2.75, 3.05) is 6.61 Å². The Bertz CT molecular complexity index is 1100. The lowest BCUT2D eigenvalue weighted by molar-refractivity contribution is -0.143.